The van der Waals surface area contributed by atoms with Crippen LogP contribution in [0.4, 0.5) is 14.0 Å². The number of fused-ring (bicyclic) bond motifs is 3. The largest absolute Gasteiger partial charge is 0.444 e. The van der Waals surface area contributed by atoms with Crippen LogP contribution in [0.1, 0.15) is 89.7 Å². The van der Waals surface area contributed by atoms with Crippen molar-refractivity contribution in [3.63, 3.8) is 0 Å². The summed E-state index contributed by atoms with van der Waals surface area (Å²) in [5, 5.41) is 5.45. The maximum atomic E-state index is 14.5. The van der Waals surface area contributed by atoms with Crippen molar-refractivity contribution in [2.45, 2.75) is 126 Å². The number of carbonyl (C=O) groups is 5. The molecule has 1 saturated carbocycles. The fourth-order valence-electron chi connectivity index (χ4n) is 7.52. The molecule has 1 aromatic heterocycles. The van der Waals surface area contributed by atoms with Gasteiger partial charge in [0.15, 0.2) is 0 Å². The van der Waals surface area contributed by atoms with Crippen molar-refractivity contribution in [2.24, 2.45) is 5.92 Å². The molecule has 1 aromatic carbocycles. The fraction of sp³-hybridized carbons (Fsp3) is 0.583. The molecule has 14 nitrogen and oxygen atoms in total. The van der Waals surface area contributed by atoms with E-state index in [0.717, 1.165) is 36.7 Å². The van der Waals surface area contributed by atoms with Crippen molar-refractivity contribution in [1.29, 1.82) is 0 Å². The van der Waals surface area contributed by atoms with E-state index in [4.69, 9.17) is 32.7 Å². The second-order valence-corrected chi connectivity index (χ2v) is 19.4. The molecule has 19 heteroatoms. The van der Waals surface area contributed by atoms with Crippen LogP contribution < -0.4 is 15.4 Å². The predicted molar refractivity (Wildman–Crippen MR) is 200 cm³/mol. The van der Waals surface area contributed by atoms with Gasteiger partial charge < -0.3 is 25.0 Å². The van der Waals surface area contributed by atoms with Crippen molar-refractivity contribution in [3.8, 4) is 0 Å². The first-order valence-electron chi connectivity index (χ1n) is 18.2. The van der Waals surface area contributed by atoms with E-state index >= 15 is 0 Å². The molecular formula is C36H44Cl2FN5O9S2. The Kier molecular flexibility index (Phi) is 12.0. The molecule has 2 saturated heterocycles. The number of hydrogen-bond acceptors (Lipinski definition) is 10. The number of ether oxygens (including phenoxy) is 2. The van der Waals surface area contributed by atoms with Crippen LogP contribution in [0.2, 0.25) is 8.67 Å². The molecular weight excluding hydrogens is 800 g/mol. The number of rotatable bonds is 5. The molecule has 300 valence electrons. The minimum atomic E-state index is -4.48. The number of alkyl carbamates (subject to hydrolysis) is 1. The second-order valence-electron chi connectivity index (χ2n) is 15.5. The minimum absolute atomic E-state index is 0.0211. The van der Waals surface area contributed by atoms with Crippen LogP contribution in [0.3, 0.4) is 0 Å². The van der Waals surface area contributed by atoms with Gasteiger partial charge in [-0.3, -0.25) is 19.3 Å². The van der Waals surface area contributed by atoms with E-state index < -0.39 is 81.0 Å². The van der Waals surface area contributed by atoms with Crippen LogP contribution in [0, 0.1) is 11.7 Å². The molecule has 2 aromatic rings. The standard InChI is InChI=1S/C36H44Cl2FN5O9S2/c1-35(2,3)53-33(48)40-25-13-8-6-4-5-7-11-21-16-36(21,32(47)42-55(50,51)27-15-28(37)54-29(27)38)41-30(45)26-14-22(18-44(26)31(25)46)52-34(49)43-17-20-10-9-12-24(39)23(20)19-43/h9-10,12,15,21-22,25-26H,4-8,11,13-14,16-19H2,1-3H3,(H,40,48)(H,41,45)(H,42,47)/t21-,22-,25+,26+,36-/m1/s1. The van der Waals surface area contributed by atoms with E-state index in [1.54, 1.807) is 32.9 Å². The summed E-state index contributed by atoms with van der Waals surface area (Å²) in [4.78, 5) is 71.1. The topological polar surface area (TPSA) is 181 Å². The molecule has 0 radical (unpaired) electrons. The lowest BCUT2D eigenvalue weighted by Gasteiger charge is -2.30. The zero-order chi connectivity index (χ0) is 39.9. The van der Waals surface area contributed by atoms with Gasteiger partial charge in [-0.2, -0.15) is 0 Å². The quantitative estimate of drug-likeness (QED) is 0.344. The average Bonchev–Trinajstić information content (AvgIpc) is 3.39. The van der Waals surface area contributed by atoms with Gasteiger partial charge in [0.1, 0.15) is 44.4 Å². The van der Waals surface area contributed by atoms with Crippen molar-refractivity contribution in [2.75, 3.05) is 6.54 Å². The number of thiophene rings is 1. The zero-order valence-electron chi connectivity index (χ0n) is 30.6. The first kappa shape index (κ1) is 41.0. The summed E-state index contributed by atoms with van der Waals surface area (Å²) in [6, 6.07) is 3.33. The van der Waals surface area contributed by atoms with Gasteiger partial charge in [0, 0.05) is 18.5 Å². The molecule has 1 aliphatic carbocycles. The maximum absolute atomic E-state index is 14.5. The molecule has 3 fully saturated rings. The number of hydrogen-bond donors (Lipinski definition) is 3. The van der Waals surface area contributed by atoms with Gasteiger partial charge >= 0.3 is 12.2 Å². The summed E-state index contributed by atoms with van der Waals surface area (Å²) >= 11 is 12.9. The first-order valence-corrected chi connectivity index (χ1v) is 21.3. The highest BCUT2D eigenvalue weighted by atomic mass is 35.5. The lowest BCUT2D eigenvalue weighted by molar-refractivity contribution is -0.141. The normalized spacial score (nSPS) is 26.1. The summed E-state index contributed by atoms with van der Waals surface area (Å²) in [5.74, 6) is -3.20. The Bertz CT molecular complexity index is 1980. The van der Waals surface area contributed by atoms with Crippen LogP contribution in [0.5, 0.6) is 0 Å². The Balaban J connectivity index is 1.26. The minimum Gasteiger partial charge on any atom is -0.444 e. The van der Waals surface area contributed by atoms with E-state index in [1.807, 2.05) is 0 Å². The summed E-state index contributed by atoms with van der Waals surface area (Å²) < 4.78 is 54.3. The molecule has 5 atom stereocenters. The van der Waals surface area contributed by atoms with Crippen LogP contribution in [0.15, 0.2) is 29.2 Å². The number of amides is 5. The van der Waals surface area contributed by atoms with Gasteiger partial charge in [0.2, 0.25) is 11.8 Å². The Hall–Kier alpha value is -3.67. The van der Waals surface area contributed by atoms with Gasteiger partial charge in [-0.1, -0.05) is 67.4 Å². The number of halogens is 3. The van der Waals surface area contributed by atoms with Crippen LogP contribution >= 0.6 is 34.5 Å². The SMILES string of the molecule is CC(C)(C)OC(=O)N[C@H]1CCCCCCC[C@@H]2C[C@@]2(C(=O)NS(=O)(=O)c2cc(Cl)sc2Cl)NC(=O)[C@@H]2C[C@@H](OC(=O)N3Cc4cccc(F)c4C3)CN2C1=O. The molecule has 3 aliphatic heterocycles. The number of benzene rings is 1. The van der Waals surface area contributed by atoms with Gasteiger partial charge in [-0.05, 0) is 63.6 Å². The molecule has 0 bridgehead atoms. The first-order chi connectivity index (χ1) is 25.9. The number of carbonyl (C=O) groups excluding carboxylic acids is 5. The third-order valence-corrected chi connectivity index (χ3v) is 13.4. The highest BCUT2D eigenvalue weighted by Gasteiger charge is 2.62. The van der Waals surface area contributed by atoms with E-state index in [1.165, 1.54) is 15.9 Å². The Morgan fingerprint density at radius 1 is 1.05 bits per heavy atom. The summed E-state index contributed by atoms with van der Waals surface area (Å²) in [7, 11) is -4.48. The molecule has 4 heterocycles. The van der Waals surface area contributed by atoms with E-state index in [-0.39, 0.29) is 52.5 Å². The Morgan fingerprint density at radius 2 is 1.76 bits per heavy atom. The van der Waals surface area contributed by atoms with Crippen LogP contribution in [0.25, 0.3) is 0 Å². The van der Waals surface area contributed by atoms with E-state index in [9.17, 15) is 36.8 Å². The number of sulfonamides is 1. The predicted octanol–water partition coefficient (Wildman–Crippen LogP) is 5.63. The summed E-state index contributed by atoms with van der Waals surface area (Å²) in [6.07, 6.45) is 1.76. The maximum Gasteiger partial charge on any atom is 0.410 e. The molecule has 4 aliphatic rings. The van der Waals surface area contributed by atoms with E-state index in [0.29, 0.717) is 30.4 Å². The smallest absolute Gasteiger partial charge is 0.410 e. The third-order valence-electron chi connectivity index (χ3n) is 10.3. The highest BCUT2D eigenvalue weighted by Crippen LogP contribution is 2.48. The summed E-state index contributed by atoms with van der Waals surface area (Å²) in [6.45, 7) is 4.92. The summed E-state index contributed by atoms with van der Waals surface area (Å²) in [5.41, 5.74) is -1.47. The van der Waals surface area contributed by atoms with Gasteiger partial charge in [-0.15, -0.1) is 11.3 Å². The van der Waals surface area contributed by atoms with Crippen molar-refractivity contribution in [3.05, 3.63) is 49.9 Å². The average molecular weight is 845 g/mol. The highest BCUT2D eigenvalue weighted by molar-refractivity contribution is 7.90. The van der Waals surface area contributed by atoms with E-state index in [2.05, 4.69) is 15.4 Å². The van der Waals surface area contributed by atoms with Gasteiger partial charge in [0.05, 0.1) is 17.4 Å². The molecule has 3 N–H and O–H groups in total. The van der Waals surface area contributed by atoms with Crippen molar-refractivity contribution in [1.82, 2.24) is 25.2 Å². The molecule has 0 spiro atoms. The van der Waals surface area contributed by atoms with Gasteiger partial charge in [0.25, 0.3) is 15.9 Å². The van der Waals surface area contributed by atoms with Gasteiger partial charge in [-0.25, -0.2) is 27.1 Å². The lowest BCUT2D eigenvalue weighted by atomic mass is 10.0. The fourth-order valence-corrected chi connectivity index (χ4v) is 10.7. The lowest BCUT2D eigenvalue weighted by Crippen LogP contribution is -2.58. The third kappa shape index (κ3) is 9.32. The van der Waals surface area contributed by atoms with Crippen molar-refractivity contribution >= 4 is 74.5 Å². The Morgan fingerprint density at radius 3 is 2.44 bits per heavy atom. The molecule has 55 heavy (non-hydrogen) atoms. The number of nitrogens with one attached hydrogen (secondary N) is 3. The second kappa shape index (κ2) is 16.1. The van der Waals surface area contributed by atoms with Crippen LogP contribution in [-0.2, 0) is 47.0 Å². The molecule has 6 rings (SSSR count). The molecule has 5 amide bonds. The molecule has 0 unspecified atom stereocenters. The van der Waals surface area contributed by atoms with Crippen LogP contribution in [-0.4, -0.2) is 84.0 Å². The Labute approximate surface area is 332 Å². The number of nitrogens with zero attached hydrogens (tertiary/aromatic N) is 2. The monoisotopic (exact) mass is 843 g/mol. The van der Waals surface area contributed by atoms with Crippen molar-refractivity contribution < 1.29 is 46.3 Å². The zero-order valence-corrected chi connectivity index (χ0v) is 33.8.